The summed E-state index contributed by atoms with van der Waals surface area (Å²) in [5, 5.41) is 0. The summed E-state index contributed by atoms with van der Waals surface area (Å²) in [5.41, 5.74) is 3.04. The van der Waals surface area contributed by atoms with Crippen molar-refractivity contribution in [1.29, 1.82) is 0 Å². The van der Waals surface area contributed by atoms with E-state index in [1.165, 1.54) is 10.5 Å². The van der Waals surface area contributed by atoms with E-state index in [0.29, 0.717) is 5.69 Å². The minimum atomic E-state index is -0.304. The Labute approximate surface area is 160 Å². The van der Waals surface area contributed by atoms with Crippen LogP contribution in [0.1, 0.15) is 17.5 Å². The van der Waals surface area contributed by atoms with Crippen molar-refractivity contribution in [2.24, 2.45) is 23.7 Å². The predicted octanol–water partition coefficient (Wildman–Crippen LogP) is 4.39. The standard InChI is InChI=1S/C24H23NO2/c1-3-18-15-19(4-2)22-21(18)23(26)25(24(22)27)20-12-10-17(11-13-20)14-16-8-6-5-7-9-16/h3-13,18-19,21-22H,1-2,14-15H2. The molecule has 2 aromatic rings. The Morgan fingerprint density at radius 1 is 0.815 bits per heavy atom. The quantitative estimate of drug-likeness (QED) is 0.588. The number of hydrogen-bond acceptors (Lipinski definition) is 2. The van der Waals surface area contributed by atoms with E-state index >= 15 is 0 Å². The highest BCUT2D eigenvalue weighted by atomic mass is 16.2. The van der Waals surface area contributed by atoms with Crippen LogP contribution < -0.4 is 4.90 Å². The monoisotopic (exact) mass is 357 g/mol. The van der Waals surface area contributed by atoms with E-state index in [0.717, 1.165) is 18.4 Å². The Kier molecular flexibility index (Phi) is 4.53. The molecule has 136 valence electrons. The molecule has 2 fully saturated rings. The van der Waals surface area contributed by atoms with Crippen LogP contribution in [-0.4, -0.2) is 11.8 Å². The average molecular weight is 357 g/mol. The van der Waals surface area contributed by atoms with Gasteiger partial charge in [0.1, 0.15) is 0 Å². The maximum absolute atomic E-state index is 13.0. The summed E-state index contributed by atoms with van der Waals surface area (Å²) in [6, 6.07) is 18.0. The molecule has 0 radical (unpaired) electrons. The second-order valence-electron chi connectivity index (χ2n) is 7.43. The second kappa shape index (κ2) is 6.99. The van der Waals surface area contributed by atoms with Gasteiger partial charge in [0, 0.05) is 0 Å². The van der Waals surface area contributed by atoms with E-state index in [9.17, 15) is 9.59 Å². The normalized spacial score (nSPS) is 26.9. The molecule has 1 saturated heterocycles. The fourth-order valence-electron chi connectivity index (χ4n) is 4.55. The van der Waals surface area contributed by atoms with Gasteiger partial charge in [0.25, 0.3) is 0 Å². The van der Waals surface area contributed by atoms with E-state index < -0.39 is 0 Å². The number of rotatable bonds is 5. The zero-order valence-corrected chi connectivity index (χ0v) is 15.3. The van der Waals surface area contributed by atoms with Crippen molar-refractivity contribution < 1.29 is 9.59 Å². The first kappa shape index (κ1) is 17.5. The fraction of sp³-hybridized carbons (Fsp3) is 0.250. The van der Waals surface area contributed by atoms with Gasteiger partial charge in [-0.3, -0.25) is 14.5 Å². The molecule has 1 aliphatic carbocycles. The molecular formula is C24H23NO2. The molecule has 4 rings (SSSR count). The number of imide groups is 1. The third-order valence-corrected chi connectivity index (χ3v) is 5.92. The SMILES string of the molecule is C=CC1CC(C=C)C2C(=O)N(c3ccc(Cc4ccccc4)cc3)C(=O)C12. The zero-order chi connectivity index (χ0) is 19.0. The van der Waals surface area contributed by atoms with Crippen molar-refractivity contribution in [3.05, 3.63) is 91.0 Å². The smallest absolute Gasteiger partial charge is 0.238 e. The number of carbonyl (C=O) groups is 2. The Bertz CT molecular complexity index is 852. The molecule has 1 heterocycles. The first-order chi connectivity index (χ1) is 13.1. The highest BCUT2D eigenvalue weighted by molar-refractivity contribution is 6.22. The summed E-state index contributed by atoms with van der Waals surface area (Å²) >= 11 is 0. The lowest BCUT2D eigenvalue weighted by molar-refractivity contribution is -0.123. The first-order valence-corrected chi connectivity index (χ1v) is 9.40. The number of carbonyl (C=O) groups excluding carboxylic acids is 2. The molecule has 3 heteroatoms. The molecule has 0 aromatic heterocycles. The third-order valence-electron chi connectivity index (χ3n) is 5.92. The van der Waals surface area contributed by atoms with Gasteiger partial charge < -0.3 is 0 Å². The van der Waals surface area contributed by atoms with Crippen molar-refractivity contribution in [3.63, 3.8) is 0 Å². The van der Waals surface area contributed by atoms with Crippen molar-refractivity contribution in [3.8, 4) is 0 Å². The minimum Gasteiger partial charge on any atom is -0.274 e. The van der Waals surface area contributed by atoms with Gasteiger partial charge >= 0.3 is 0 Å². The van der Waals surface area contributed by atoms with Crippen LogP contribution in [0.2, 0.25) is 0 Å². The van der Waals surface area contributed by atoms with Gasteiger partial charge in [0.05, 0.1) is 17.5 Å². The molecule has 4 atom stereocenters. The lowest BCUT2D eigenvalue weighted by Crippen LogP contribution is -2.33. The Hall–Kier alpha value is -2.94. The second-order valence-corrected chi connectivity index (χ2v) is 7.43. The molecule has 0 spiro atoms. The van der Waals surface area contributed by atoms with E-state index in [-0.39, 0.29) is 35.5 Å². The highest BCUT2D eigenvalue weighted by Crippen LogP contribution is 2.49. The van der Waals surface area contributed by atoms with Crippen LogP contribution in [0.25, 0.3) is 0 Å². The topological polar surface area (TPSA) is 37.4 Å². The number of benzene rings is 2. The number of nitrogens with zero attached hydrogens (tertiary/aromatic N) is 1. The summed E-state index contributed by atoms with van der Waals surface area (Å²) < 4.78 is 0. The average Bonchev–Trinajstić information content (AvgIpc) is 3.20. The third kappa shape index (κ3) is 2.93. The van der Waals surface area contributed by atoms with E-state index in [1.54, 1.807) is 0 Å². The lowest BCUT2D eigenvalue weighted by atomic mass is 9.89. The number of fused-ring (bicyclic) bond motifs is 1. The molecule has 0 N–H and O–H groups in total. The highest BCUT2D eigenvalue weighted by Gasteiger charge is 2.57. The molecule has 1 aliphatic heterocycles. The molecule has 4 unspecified atom stereocenters. The maximum Gasteiger partial charge on any atom is 0.238 e. The van der Waals surface area contributed by atoms with Crippen LogP contribution in [-0.2, 0) is 16.0 Å². The largest absolute Gasteiger partial charge is 0.274 e. The summed E-state index contributed by atoms with van der Waals surface area (Å²) in [4.78, 5) is 27.4. The number of hydrogen-bond donors (Lipinski definition) is 0. The van der Waals surface area contributed by atoms with Crippen LogP contribution in [0, 0.1) is 23.7 Å². The molecule has 3 nitrogen and oxygen atoms in total. The van der Waals surface area contributed by atoms with Crippen molar-refractivity contribution >= 4 is 17.5 Å². The summed E-state index contributed by atoms with van der Waals surface area (Å²) in [7, 11) is 0. The van der Waals surface area contributed by atoms with E-state index in [4.69, 9.17) is 0 Å². The lowest BCUT2D eigenvalue weighted by Gasteiger charge is -2.19. The Balaban J connectivity index is 1.58. The van der Waals surface area contributed by atoms with Crippen molar-refractivity contribution in [2.75, 3.05) is 4.90 Å². The van der Waals surface area contributed by atoms with Crippen LogP contribution >= 0.6 is 0 Å². The van der Waals surface area contributed by atoms with Gasteiger partial charge in [-0.05, 0) is 47.9 Å². The van der Waals surface area contributed by atoms with Crippen LogP contribution in [0.3, 0.4) is 0 Å². The number of amides is 2. The van der Waals surface area contributed by atoms with Gasteiger partial charge in [-0.15, -0.1) is 13.2 Å². The van der Waals surface area contributed by atoms with Crippen LogP contribution in [0.4, 0.5) is 5.69 Å². The minimum absolute atomic E-state index is 0.0387. The van der Waals surface area contributed by atoms with E-state index in [1.807, 2.05) is 54.6 Å². The Morgan fingerprint density at radius 3 is 1.85 bits per heavy atom. The molecule has 2 amide bonds. The van der Waals surface area contributed by atoms with Gasteiger partial charge in [-0.2, -0.15) is 0 Å². The summed E-state index contributed by atoms with van der Waals surface area (Å²) in [6.07, 6.45) is 5.24. The first-order valence-electron chi connectivity index (χ1n) is 9.40. The van der Waals surface area contributed by atoms with Gasteiger partial charge in [-0.25, -0.2) is 0 Å². The fourth-order valence-corrected chi connectivity index (χ4v) is 4.55. The predicted molar refractivity (Wildman–Crippen MR) is 107 cm³/mol. The van der Waals surface area contributed by atoms with Crippen LogP contribution in [0.15, 0.2) is 79.9 Å². The van der Waals surface area contributed by atoms with E-state index in [2.05, 4.69) is 25.3 Å². The molecule has 1 saturated carbocycles. The number of anilines is 1. The van der Waals surface area contributed by atoms with Crippen molar-refractivity contribution in [1.82, 2.24) is 0 Å². The molecule has 2 aromatic carbocycles. The summed E-state index contributed by atoms with van der Waals surface area (Å²) in [5.74, 6) is -0.734. The molecule has 0 bridgehead atoms. The van der Waals surface area contributed by atoms with Crippen LogP contribution in [0.5, 0.6) is 0 Å². The molecule has 2 aliphatic rings. The van der Waals surface area contributed by atoms with Gasteiger partial charge in [0.15, 0.2) is 0 Å². The molecule has 27 heavy (non-hydrogen) atoms. The van der Waals surface area contributed by atoms with Gasteiger partial charge in [-0.1, -0.05) is 54.6 Å². The number of allylic oxidation sites excluding steroid dienone is 2. The van der Waals surface area contributed by atoms with Gasteiger partial charge in [0.2, 0.25) is 11.8 Å². The Morgan fingerprint density at radius 2 is 1.33 bits per heavy atom. The summed E-state index contributed by atoms with van der Waals surface area (Å²) in [6.45, 7) is 7.73. The van der Waals surface area contributed by atoms with Crippen molar-refractivity contribution in [2.45, 2.75) is 12.8 Å². The molecular weight excluding hydrogens is 334 g/mol. The maximum atomic E-state index is 13.0. The zero-order valence-electron chi connectivity index (χ0n) is 15.3.